The van der Waals surface area contributed by atoms with Gasteiger partial charge in [-0.2, -0.15) is 0 Å². The molecule has 0 aliphatic heterocycles. The van der Waals surface area contributed by atoms with Crippen LogP contribution in [0.3, 0.4) is 0 Å². The first kappa shape index (κ1) is 13.6. The SMILES string of the molecule is CCN(CCO)CC(=O)Nc1ccc(F)cc1. The number of carbonyl (C=O) groups excluding carboxylic acids is 1. The van der Waals surface area contributed by atoms with Crippen LogP contribution in [0.2, 0.25) is 0 Å². The summed E-state index contributed by atoms with van der Waals surface area (Å²) in [6.45, 7) is 3.32. The predicted molar refractivity (Wildman–Crippen MR) is 64.2 cm³/mol. The van der Waals surface area contributed by atoms with Gasteiger partial charge < -0.3 is 10.4 Å². The fourth-order valence-electron chi connectivity index (χ4n) is 1.43. The van der Waals surface area contributed by atoms with Crippen LogP contribution in [-0.2, 0) is 4.79 Å². The highest BCUT2D eigenvalue weighted by Crippen LogP contribution is 2.08. The first-order valence-corrected chi connectivity index (χ1v) is 5.54. The van der Waals surface area contributed by atoms with Crippen LogP contribution in [0.25, 0.3) is 0 Å². The normalized spacial score (nSPS) is 10.6. The van der Waals surface area contributed by atoms with E-state index in [2.05, 4.69) is 5.32 Å². The van der Waals surface area contributed by atoms with Gasteiger partial charge in [0.1, 0.15) is 5.82 Å². The van der Waals surface area contributed by atoms with Crippen LogP contribution in [0.5, 0.6) is 0 Å². The smallest absolute Gasteiger partial charge is 0.238 e. The Hall–Kier alpha value is -1.46. The molecule has 5 heteroatoms. The number of hydrogen-bond acceptors (Lipinski definition) is 3. The molecule has 0 aliphatic carbocycles. The molecular formula is C12H17FN2O2. The van der Waals surface area contributed by atoms with Crippen LogP contribution in [0.4, 0.5) is 10.1 Å². The predicted octanol–water partition coefficient (Wildman–Crippen LogP) is 1.08. The Balaban J connectivity index is 2.46. The highest BCUT2D eigenvalue weighted by Gasteiger charge is 2.08. The van der Waals surface area contributed by atoms with E-state index in [4.69, 9.17) is 5.11 Å². The van der Waals surface area contributed by atoms with Gasteiger partial charge >= 0.3 is 0 Å². The number of anilines is 1. The van der Waals surface area contributed by atoms with Crippen LogP contribution in [0, 0.1) is 5.82 Å². The second kappa shape index (κ2) is 6.98. The van der Waals surface area contributed by atoms with Crippen LogP contribution < -0.4 is 5.32 Å². The van der Waals surface area contributed by atoms with Gasteiger partial charge in [-0.05, 0) is 30.8 Å². The number of likely N-dealkylation sites (N-methyl/N-ethyl adjacent to an activating group) is 1. The molecule has 0 bridgehead atoms. The minimum Gasteiger partial charge on any atom is -0.395 e. The lowest BCUT2D eigenvalue weighted by Gasteiger charge is -2.18. The molecule has 1 aromatic rings. The van der Waals surface area contributed by atoms with Gasteiger partial charge in [0.05, 0.1) is 13.2 Å². The molecule has 94 valence electrons. The van der Waals surface area contributed by atoms with Crippen LogP contribution in [-0.4, -0.2) is 42.2 Å². The minimum atomic E-state index is -0.335. The summed E-state index contributed by atoms with van der Waals surface area (Å²) in [5, 5.41) is 11.4. The van der Waals surface area contributed by atoms with Gasteiger partial charge in [0.15, 0.2) is 0 Å². The molecular weight excluding hydrogens is 223 g/mol. The van der Waals surface area contributed by atoms with Gasteiger partial charge in [0.2, 0.25) is 5.91 Å². The summed E-state index contributed by atoms with van der Waals surface area (Å²) in [5.41, 5.74) is 0.566. The van der Waals surface area contributed by atoms with Crippen LogP contribution in [0.15, 0.2) is 24.3 Å². The zero-order valence-corrected chi connectivity index (χ0v) is 9.82. The molecule has 0 spiro atoms. The van der Waals surface area contributed by atoms with Gasteiger partial charge in [-0.1, -0.05) is 6.92 Å². The molecule has 17 heavy (non-hydrogen) atoms. The Bertz CT molecular complexity index is 354. The van der Waals surface area contributed by atoms with Crippen molar-refractivity contribution in [3.8, 4) is 0 Å². The summed E-state index contributed by atoms with van der Waals surface area (Å²) in [4.78, 5) is 13.4. The van der Waals surface area contributed by atoms with Crippen LogP contribution >= 0.6 is 0 Å². The second-order valence-corrected chi connectivity index (χ2v) is 3.65. The fourth-order valence-corrected chi connectivity index (χ4v) is 1.43. The zero-order valence-electron chi connectivity index (χ0n) is 9.82. The average molecular weight is 240 g/mol. The fraction of sp³-hybridized carbons (Fsp3) is 0.417. The van der Waals surface area contributed by atoms with Gasteiger partial charge in [-0.15, -0.1) is 0 Å². The standard InChI is InChI=1S/C12H17FN2O2/c1-2-15(7-8-16)9-12(17)14-11-5-3-10(13)4-6-11/h3-6,16H,2,7-9H2,1H3,(H,14,17). The van der Waals surface area contributed by atoms with E-state index in [1.165, 1.54) is 24.3 Å². The number of aliphatic hydroxyl groups excluding tert-OH is 1. The van der Waals surface area contributed by atoms with E-state index in [1.54, 1.807) is 0 Å². The third kappa shape index (κ3) is 4.93. The van der Waals surface area contributed by atoms with Crippen molar-refractivity contribution in [2.45, 2.75) is 6.92 Å². The first-order chi connectivity index (χ1) is 8.15. The average Bonchev–Trinajstić information content (AvgIpc) is 2.31. The Morgan fingerprint density at radius 3 is 2.59 bits per heavy atom. The Morgan fingerprint density at radius 1 is 1.41 bits per heavy atom. The van der Waals surface area contributed by atoms with E-state index in [-0.39, 0.29) is 24.9 Å². The maximum atomic E-state index is 12.6. The lowest BCUT2D eigenvalue weighted by atomic mass is 10.3. The maximum Gasteiger partial charge on any atom is 0.238 e. The number of hydrogen-bond donors (Lipinski definition) is 2. The number of halogens is 1. The van der Waals surface area contributed by atoms with Gasteiger partial charge in [-0.25, -0.2) is 4.39 Å². The van der Waals surface area contributed by atoms with Crippen molar-refractivity contribution >= 4 is 11.6 Å². The quantitative estimate of drug-likeness (QED) is 0.782. The van der Waals surface area contributed by atoms with Gasteiger partial charge in [0, 0.05) is 12.2 Å². The summed E-state index contributed by atoms with van der Waals surface area (Å²) >= 11 is 0. The lowest BCUT2D eigenvalue weighted by Crippen LogP contribution is -2.35. The van der Waals surface area contributed by atoms with Crippen molar-refractivity contribution in [3.63, 3.8) is 0 Å². The van der Waals surface area contributed by atoms with E-state index in [0.29, 0.717) is 18.8 Å². The molecule has 0 saturated heterocycles. The summed E-state index contributed by atoms with van der Waals surface area (Å²) in [6.07, 6.45) is 0. The van der Waals surface area contributed by atoms with Crippen molar-refractivity contribution in [1.82, 2.24) is 4.90 Å². The number of nitrogens with one attached hydrogen (secondary N) is 1. The molecule has 0 saturated carbocycles. The van der Waals surface area contributed by atoms with E-state index in [9.17, 15) is 9.18 Å². The number of aliphatic hydroxyl groups is 1. The van der Waals surface area contributed by atoms with Gasteiger partial charge in [-0.3, -0.25) is 9.69 Å². The Kier molecular flexibility index (Phi) is 5.59. The van der Waals surface area contributed by atoms with Gasteiger partial charge in [0.25, 0.3) is 0 Å². The van der Waals surface area contributed by atoms with Crippen molar-refractivity contribution in [2.24, 2.45) is 0 Å². The summed E-state index contributed by atoms with van der Waals surface area (Å²) in [6, 6.07) is 5.60. The molecule has 0 heterocycles. The number of nitrogens with zero attached hydrogens (tertiary/aromatic N) is 1. The molecule has 1 aromatic carbocycles. The summed E-state index contributed by atoms with van der Waals surface area (Å²) < 4.78 is 12.6. The third-order valence-electron chi connectivity index (χ3n) is 2.36. The molecule has 2 N–H and O–H groups in total. The first-order valence-electron chi connectivity index (χ1n) is 5.54. The summed E-state index contributed by atoms with van der Waals surface area (Å²) in [5.74, 6) is -0.509. The molecule has 1 rings (SSSR count). The summed E-state index contributed by atoms with van der Waals surface area (Å²) in [7, 11) is 0. The van der Waals surface area contributed by atoms with E-state index >= 15 is 0 Å². The highest BCUT2D eigenvalue weighted by atomic mass is 19.1. The number of rotatable bonds is 6. The molecule has 0 unspecified atom stereocenters. The number of benzene rings is 1. The van der Waals surface area contributed by atoms with Crippen molar-refractivity contribution in [1.29, 1.82) is 0 Å². The number of carbonyl (C=O) groups is 1. The van der Waals surface area contributed by atoms with E-state index < -0.39 is 0 Å². The Morgan fingerprint density at radius 2 is 2.06 bits per heavy atom. The number of amides is 1. The lowest BCUT2D eigenvalue weighted by molar-refractivity contribution is -0.117. The molecule has 0 aromatic heterocycles. The molecule has 0 fully saturated rings. The topological polar surface area (TPSA) is 52.6 Å². The molecule has 0 radical (unpaired) electrons. The third-order valence-corrected chi connectivity index (χ3v) is 2.36. The van der Waals surface area contributed by atoms with E-state index in [0.717, 1.165) is 0 Å². The molecule has 1 amide bonds. The molecule has 4 nitrogen and oxygen atoms in total. The largest absolute Gasteiger partial charge is 0.395 e. The monoisotopic (exact) mass is 240 g/mol. The Labute approximate surface area is 100 Å². The molecule has 0 atom stereocenters. The maximum absolute atomic E-state index is 12.6. The van der Waals surface area contributed by atoms with Crippen LogP contribution in [0.1, 0.15) is 6.92 Å². The minimum absolute atomic E-state index is 0.0255. The molecule has 0 aliphatic rings. The second-order valence-electron chi connectivity index (χ2n) is 3.65. The van der Waals surface area contributed by atoms with E-state index in [1.807, 2.05) is 11.8 Å². The van der Waals surface area contributed by atoms with Crippen molar-refractivity contribution in [3.05, 3.63) is 30.1 Å². The zero-order chi connectivity index (χ0) is 12.7. The van der Waals surface area contributed by atoms with Crippen molar-refractivity contribution < 1.29 is 14.3 Å². The highest BCUT2D eigenvalue weighted by molar-refractivity contribution is 5.92. The van der Waals surface area contributed by atoms with Crippen molar-refractivity contribution in [2.75, 3.05) is 31.6 Å².